The van der Waals surface area contributed by atoms with Crippen molar-refractivity contribution in [2.75, 3.05) is 50.8 Å². The second-order valence-corrected chi connectivity index (χ2v) is 8.40. The molecule has 0 spiro atoms. The van der Waals surface area contributed by atoms with Crippen LogP contribution < -0.4 is 0 Å². The van der Waals surface area contributed by atoms with Gasteiger partial charge in [-0.25, -0.2) is 0 Å². The lowest BCUT2D eigenvalue weighted by atomic mass is 10.2. The van der Waals surface area contributed by atoms with Gasteiger partial charge in [-0.05, 0) is 0 Å². The van der Waals surface area contributed by atoms with Crippen molar-refractivity contribution in [3.63, 3.8) is 0 Å². The molecular formula is C10H30N2O12S2. The summed E-state index contributed by atoms with van der Waals surface area (Å²) in [5.74, 6) is -1.44. The number of piperazine rings is 1. The standard InChI is InChI=1S/C10H22N2O8S2.4H2O/c13-9(7-21(15,16)17)5-11-1-2-12(4-3-11)6-10(14)8-22(18,19)20;;;;/h9-10,13-14H,1-8H2,(H,15,16,17)(H,18,19,20);4*1H2. The Labute approximate surface area is 151 Å². The summed E-state index contributed by atoms with van der Waals surface area (Å²) in [7, 11) is -8.44. The lowest BCUT2D eigenvalue weighted by Gasteiger charge is -2.36. The van der Waals surface area contributed by atoms with Gasteiger partial charge in [0, 0.05) is 39.3 Å². The molecule has 1 saturated heterocycles. The SMILES string of the molecule is O.O.O.O.O=S(=O)(O)CC(O)CN1CCN(CC(O)CS(=O)(=O)O)CC1. The monoisotopic (exact) mass is 434 g/mol. The van der Waals surface area contributed by atoms with Crippen molar-refractivity contribution in [1.82, 2.24) is 9.80 Å². The molecule has 1 rings (SSSR count). The average molecular weight is 434 g/mol. The summed E-state index contributed by atoms with van der Waals surface area (Å²) in [4.78, 5) is 3.61. The summed E-state index contributed by atoms with van der Waals surface area (Å²) in [6.45, 7) is 2.20. The van der Waals surface area contributed by atoms with E-state index in [1.165, 1.54) is 0 Å². The van der Waals surface area contributed by atoms with Gasteiger partial charge in [-0.2, -0.15) is 16.8 Å². The Hall–Kier alpha value is -0.500. The number of β-amino-alcohol motifs (C(OH)–C–C–N with tert-alkyl or cyclic N) is 2. The van der Waals surface area contributed by atoms with Crippen LogP contribution in [-0.2, 0) is 20.2 Å². The minimum absolute atomic E-state index is 0. The molecule has 0 amide bonds. The van der Waals surface area contributed by atoms with Crippen LogP contribution in [0.15, 0.2) is 0 Å². The number of nitrogens with zero attached hydrogens (tertiary/aromatic N) is 2. The molecule has 0 saturated carbocycles. The normalized spacial score (nSPS) is 18.3. The van der Waals surface area contributed by atoms with Crippen LogP contribution >= 0.6 is 0 Å². The predicted molar refractivity (Wildman–Crippen MR) is 92.2 cm³/mol. The summed E-state index contributed by atoms with van der Waals surface area (Å²) < 4.78 is 59.8. The Kier molecular flexibility index (Phi) is 17.4. The molecule has 164 valence electrons. The highest BCUT2D eigenvalue weighted by Crippen LogP contribution is 2.05. The Morgan fingerprint density at radius 3 is 1.08 bits per heavy atom. The molecule has 0 aromatic heterocycles. The fourth-order valence-corrected chi connectivity index (χ4v) is 3.53. The Morgan fingerprint density at radius 1 is 0.654 bits per heavy atom. The first-order chi connectivity index (χ1) is 9.94. The highest BCUT2D eigenvalue weighted by atomic mass is 32.2. The summed E-state index contributed by atoms with van der Waals surface area (Å²) in [6.07, 6.45) is -2.38. The van der Waals surface area contributed by atoms with Gasteiger partial charge in [-0.1, -0.05) is 0 Å². The second-order valence-electron chi connectivity index (χ2n) is 5.41. The van der Waals surface area contributed by atoms with Crippen LogP contribution in [0.1, 0.15) is 0 Å². The van der Waals surface area contributed by atoms with Crippen molar-refractivity contribution in [2.24, 2.45) is 0 Å². The van der Waals surface area contributed by atoms with Gasteiger partial charge in [0.15, 0.2) is 0 Å². The molecule has 2 atom stereocenters. The molecule has 0 aromatic carbocycles. The first-order valence-electron chi connectivity index (χ1n) is 6.66. The second kappa shape index (κ2) is 13.6. The molecule has 26 heavy (non-hydrogen) atoms. The smallest absolute Gasteiger partial charge is 0.267 e. The maximum absolute atomic E-state index is 10.6. The van der Waals surface area contributed by atoms with E-state index in [1.807, 2.05) is 9.80 Å². The van der Waals surface area contributed by atoms with Gasteiger partial charge in [0.05, 0.1) is 12.2 Å². The van der Waals surface area contributed by atoms with E-state index in [0.717, 1.165) is 0 Å². The molecule has 1 heterocycles. The van der Waals surface area contributed by atoms with Gasteiger partial charge in [0.2, 0.25) is 0 Å². The largest absolute Gasteiger partial charge is 0.412 e. The number of hydrogen-bond donors (Lipinski definition) is 4. The third-order valence-corrected chi connectivity index (χ3v) is 4.82. The van der Waals surface area contributed by atoms with Crippen molar-refractivity contribution < 1.29 is 58.1 Å². The molecule has 1 aliphatic rings. The summed E-state index contributed by atoms with van der Waals surface area (Å²) in [5, 5.41) is 19.1. The van der Waals surface area contributed by atoms with Crippen LogP contribution in [0.3, 0.4) is 0 Å². The predicted octanol–water partition coefficient (Wildman–Crippen LogP) is -6.20. The fourth-order valence-electron chi connectivity index (χ4n) is 2.34. The van der Waals surface area contributed by atoms with Crippen molar-refractivity contribution in [2.45, 2.75) is 12.2 Å². The van der Waals surface area contributed by atoms with E-state index < -0.39 is 43.9 Å². The molecule has 1 aliphatic heterocycles. The van der Waals surface area contributed by atoms with E-state index in [4.69, 9.17) is 9.11 Å². The van der Waals surface area contributed by atoms with Gasteiger partial charge in [-0.3, -0.25) is 18.9 Å². The highest BCUT2D eigenvalue weighted by Gasteiger charge is 2.24. The summed E-state index contributed by atoms with van der Waals surface area (Å²) in [5.41, 5.74) is 0. The Morgan fingerprint density at radius 2 is 0.885 bits per heavy atom. The minimum Gasteiger partial charge on any atom is -0.412 e. The van der Waals surface area contributed by atoms with E-state index in [2.05, 4.69) is 0 Å². The lowest BCUT2D eigenvalue weighted by molar-refractivity contribution is 0.0583. The third-order valence-electron chi connectivity index (χ3n) is 3.21. The Balaban J connectivity index is -0.000000605. The lowest BCUT2D eigenvalue weighted by Crippen LogP contribution is -2.51. The highest BCUT2D eigenvalue weighted by molar-refractivity contribution is 7.86. The van der Waals surface area contributed by atoms with Crippen molar-refractivity contribution >= 4 is 20.2 Å². The zero-order chi connectivity index (χ0) is 17.0. The summed E-state index contributed by atoms with van der Waals surface area (Å²) in [6, 6.07) is 0. The molecule has 2 unspecified atom stereocenters. The zero-order valence-corrected chi connectivity index (χ0v) is 15.6. The molecule has 12 N–H and O–H groups in total. The number of aliphatic hydroxyl groups is 2. The molecule has 0 radical (unpaired) electrons. The van der Waals surface area contributed by atoms with Gasteiger partial charge in [-0.15, -0.1) is 0 Å². The van der Waals surface area contributed by atoms with Crippen LogP contribution in [-0.4, -0.2) is 131 Å². The molecule has 0 bridgehead atoms. The molecule has 1 fully saturated rings. The molecule has 0 aliphatic carbocycles. The maximum Gasteiger partial charge on any atom is 0.267 e. The van der Waals surface area contributed by atoms with Crippen molar-refractivity contribution in [3.8, 4) is 0 Å². The minimum atomic E-state index is -4.22. The number of rotatable bonds is 8. The van der Waals surface area contributed by atoms with E-state index in [0.29, 0.717) is 26.2 Å². The van der Waals surface area contributed by atoms with E-state index in [1.54, 1.807) is 0 Å². The van der Waals surface area contributed by atoms with E-state index >= 15 is 0 Å². The maximum atomic E-state index is 10.6. The van der Waals surface area contributed by atoms with Crippen LogP contribution in [0.25, 0.3) is 0 Å². The Bertz CT molecular complexity index is 496. The van der Waals surface area contributed by atoms with Gasteiger partial charge in [0.1, 0.15) is 11.5 Å². The van der Waals surface area contributed by atoms with Crippen LogP contribution in [0.5, 0.6) is 0 Å². The van der Waals surface area contributed by atoms with Crippen molar-refractivity contribution in [1.29, 1.82) is 0 Å². The topological polar surface area (TPSA) is 282 Å². The van der Waals surface area contributed by atoms with E-state index in [9.17, 15) is 27.0 Å². The summed E-state index contributed by atoms with van der Waals surface area (Å²) >= 11 is 0. The van der Waals surface area contributed by atoms with Crippen LogP contribution in [0, 0.1) is 0 Å². The number of aliphatic hydroxyl groups excluding tert-OH is 2. The molecule has 16 heteroatoms. The fraction of sp³-hybridized carbons (Fsp3) is 1.00. The van der Waals surface area contributed by atoms with Gasteiger partial charge in [0.25, 0.3) is 20.2 Å². The molecular weight excluding hydrogens is 404 g/mol. The first kappa shape index (κ1) is 33.1. The van der Waals surface area contributed by atoms with Crippen LogP contribution in [0.4, 0.5) is 0 Å². The van der Waals surface area contributed by atoms with Crippen molar-refractivity contribution in [3.05, 3.63) is 0 Å². The van der Waals surface area contributed by atoms with Gasteiger partial charge >= 0.3 is 0 Å². The molecule has 14 nitrogen and oxygen atoms in total. The third kappa shape index (κ3) is 15.7. The first-order valence-corrected chi connectivity index (χ1v) is 9.87. The van der Waals surface area contributed by atoms with Gasteiger partial charge < -0.3 is 32.1 Å². The quantitative estimate of drug-likeness (QED) is 0.262. The van der Waals surface area contributed by atoms with Crippen LogP contribution in [0.2, 0.25) is 0 Å². The average Bonchev–Trinajstić information content (AvgIpc) is 2.26. The zero-order valence-electron chi connectivity index (χ0n) is 13.9. The molecule has 0 aromatic rings. The number of hydrogen-bond acceptors (Lipinski definition) is 8. The van der Waals surface area contributed by atoms with E-state index in [-0.39, 0.29) is 35.0 Å².